The molecule has 1 aliphatic heterocycles. The molecule has 2 aromatic heterocycles. The summed E-state index contributed by atoms with van der Waals surface area (Å²) in [5.74, 6) is 1.53. The normalized spacial score (nSPS) is 17.1. The molecule has 3 rings (SSSR count). The van der Waals surface area contributed by atoms with Gasteiger partial charge in [0.1, 0.15) is 0 Å². The summed E-state index contributed by atoms with van der Waals surface area (Å²) in [6, 6.07) is 0.315. The van der Waals surface area contributed by atoms with E-state index in [1.54, 1.807) is 0 Å². The van der Waals surface area contributed by atoms with Gasteiger partial charge in [0.25, 0.3) is 0 Å². The van der Waals surface area contributed by atoms with Gasteiger partial charge in [-0.2, -0.15) is 10.1 Å². The molecule has 19 heavy (non-hydrogen) atoms. The fourth-order valence-electron chi connectivity index (χ4n) is 2.35. The van der Waals surface area contributed by atoms with Gasteiger partial charge in [0.15, 0.2) is 5.82 Å². The van der Waals surface area contributed by atoms with Crippen molar-refractivity contribution in [3.63, 3.8) is 0 Å². The maximum absolute atomic E-state index is 5.91. The monoisotopic (exact) mass is 261 g/mol. The summed E-state index contributed by atoms with van der Waals surface area (Å²) in [5, 5.41) is 11.5. The first kappa shape index (κ1) is 12.2. The first-order chi connectivity index (χ1) is 9.15. The van der Waals surface area contributed by atoms with Crippen LogP contribution in [0.1, 0.15) is 18.5 Å². The summed E-state index contributed by atoms with van der Waals surface area (Å²) in [4.78, 5) is 6.74. The molecule has 0 radical (unpaired) electrons. The van der Waals surface area contributed by atoms with Gasteiger partial charge in [-0.25, -0.2) is 0 Å². The molecule has 0 saturated carbocycles. The second-order valence-electron chi connectivity index (χ2n) is 5.08. The zero-order valence-electron chi connectivity index (χ0n) is 11.3. The second-order valence-corrected chi connectivity index (χ2v) is 5.08. The van der Waals surface area contributed by atoms with Crippen molar-refractivity contribution in [1.29, 1.82) is 0 Å². The Balaban J connectivity index is 1.82. The molecule has 3 heterocycles. The smallest absolute Gasteiger partial charge is 0.245 e. The largest absolute Gasteiger partial charge is 0.339 e. The Bertz CT molecular complexity index is 562. The van der Waals surface area contributed by atoms with Gasteiger partial charge in [-0.05, 0) is 19.8 Å². The van der Waals surface area contributed by atoms with Crippen LogP contribution < -0.4 is 10.6 Å². The molecule has 7 heteroatoms. The van der Waals surface area contributed by atoms with E-state index in [1.165, 1.54) is 0 Å². The molecule has 0 aromatic carbocycles. The Morgan fingerprint density at radius 2 is 2.11 bits per heavy atom. The highest BCUT2D eigenvalue weighted by Crippen LogP contribution is 2.22. The SMILES string of the molecule is Cc1c(-c2nc(N3CCC(N)CC3)n[nH]2)cnn1C. The number of nitrogens with one attached hydrogen (secondary N) is 1. The lowest BCUT2D eigenvalue weighted by Crippen LogP contribution is -2.40. The van der Waals surface area contributed by atoms with Crippen LogP contribution in [0.5, 0.6) is 0 Å². The molecular formula is C12H19N7. The molecule has 3 N–H and O–H groups in total. The zero-order valence-corrected chi connectivity index (χ0v) is 11.3. The number of anilines is 1. The molecule has 0 bridgehead atoms. The highest BCUT2D eigenvalue weighted by atomic mass is 15.4. The minimum Gasteiger partial charge on any atom is -0.339 e. The minimum atomic E-state index is 0.315. The molecule has 102 valence electrons. The molecule has 1 fully saturated rings. The van der Waals surface area contributed by atoms with Crippen LogP contribution in [0.25, 0.3) is 11.4 Å². The van der Waals surface area contributed by atoms with E-state index in [0.29, 0.717) is 6.04 Å². The van der Waals surface area contributed by atoms with Crippen molar-refractivity contribution in [3.05, 3.63) is 11.9 Å². The van der Waals surface area contributed by atoms with Crippen molar-refractivity contribution in [3.8, 4) is 11.4 Å². The maximum Gasteiger partial charge on any atom is 0.245 e. The fourth-order valence-corrected chi connectivity index (χ4v) is 2.35. The Labute approximate surface area is 111 Å². The van der Waals surface area contributed by atoms with E-state index in [2.05, 4.69) is 25.2 Å². The fraction of sp³-hybridized carbons (Fsp3) is 0.583. The number of hydrogen-bond donors (Lipinski definition) is 2. The van der Waals surface area contributed by atoms with Crippen LogP contribution >= 0.6 is 0 Å². The molecule has 1 aliphatic rings. The van der Waals surface area contributed by atoms with E-state index in [-0.39, 0.29) is 0 Å². The van der Waals surface area contributed by atoms with Gasteiger partial charge in [0.05, 0.1) is 11.8 Å². The summed E-state index contributed by atoms with van der Waals surface area (Å²) < 4.78 is 1.83. The van der Waals surface area contributed by atoms with Crippen LogP contribution in [0, 0.1) is 6.92 Å². The number of rotatable bonds is 2. The topological polar surface area (TPSA) is 88.7 Å². The van der Waals surface area contributed by atoms with E-state index in [9.17, 15) is 0 Å². The Morgan fingerprint density at radius 1 is 1.37 bits per heavy atom. The van der Waals surface area contributed by atoms with Gasteiger partial charge < -0.3 is 10.6 Å². The van der Waals surface area contributed by atoms with Gasteiger partial charge in [-0.3, -0.25) is 9.78 Å². The number of piperidine rings is 1. The minimum absolute atomic E-state index is 0.315. The van der Waals surface area contributed by atoms with Crippen molar-refractivity contribution in [2.45, 2.75) is 25.8 Å². The Kier molecular flexibility index (Phi) is 2.98. The van der Waals surface area contributed by atoms with Gasteiger partial charge in [0.2, 0.25) is 5.95 Å². The van der Waals surface area contributed by atoms with E-state index in [0.717, 1.165) is 49.0 Å². The van der Waals surface area contributed by atoms with Crippen molar-refractivity contribution < 1.29 is 0 Å². The Hall–Kier alpha value is -1.89. The van der Waals surface area contributed by atoms with Crippen LogP contribution in [0.4, 0.5) is 5.95 Å². The number of nitrogens with two attached hydrogens (primary N) is 1. The average molecular weight is 261 g/mol. The van der Waals surface area contributed by atoms with E-state index < -0.39 is 0 Å². The molecule has 2 aromatic rings. The number of hydrogen-bond acceptors (Lipinski definition) is 5. The average Bonchev–Trinajstić information content (AvgIpc) is 2.99. The van der Waals surface area contributed by atoms with Crippen LogP contribution in [0.2, 0.25) is 0 Å². The van der Waals surface area contributed by atoms with Crippen LogP contribution in [0.3, 0.4) is 0 Å². The molecule has 0 spiro atoms. The lowest BCUT2D eigenvalue weighted by molar-refractivity contribution is 0.496. The number of aromatic nitrogens is 5. The van der Waals surface area contributed by atoms with Gasteiger partial charge in [-0.15, -0.1) is 5.10 Å². The van der Waals surface area contributed by atoms with Crippen molar-refractivity contribution in [1.82, 2.24) is 25.0 Å². The quantitative estimate of drug-likeness (QED) is 0.819. The molecule has 0 atom stereocenters. The summed E-state index contributed by atoms with van der Waals surface area (Å²) in [7, 11) is 1.92. The van der Waals surface area contributed by atoms with Gasteiger partial charge >= 0.3 is 0 Å². The molecule has 1 saturated heterocycles. The maximum atomic E-state index is 5.91. The second kappa shape index (κ2) is 4.65. The number of aryl methyl sites for hydroxylation is 1. The third-order valence-electron chi connectivity index (χ3n) is 3.79. The summed E-state index contributed by atoms with van der Waals surface area (Å²) >= 11 is 0. The highest BCUT2D eigenvalue weighted by molar-refractivity contribution is 5.58. The number of nitrogens with zero attached hydrogens (tertiary/aromatic N) is 5. The third kappa shape index (κ3) is 2.21. The predicted molar refractivity (Wildman–Crippen MR) is 72.7 cm³/mol. The van der Waals surface area contributed by atoms with Gasteiger partial charge in [0, 0.05) is 31.9 Å². The number of H-pyrrole nitrogens is 1. The zero-order chi connectivity index (χ0) is 13.4. The van der Waals surface area contributed by atoms with E-state index in [4.69, 9.17) is 5.73 Å². The van der Waals surface area contributed by atoms with Crippen LogP contribution in [0.15, 0.2) is 6.20 Å². The Morgan fingerprint density at radius 3 is 2.74 bits per heavy atom. The van der Waals surface area contributed by atoms with Crippen LogP contribution in [-0.4, -0.2) is 44.1 Å². The molecular weight excluding hydrogens is 242 g/mol. The summed E-state index contributed by atoms with van der Waals surface area (Å²) in [6.07, 6.45) is 3.80. The first-order valence-electron chi connectivity index (χ1n) is 6.57. The molecule has 7 nitrogen and oxygen atoms in total. The van der Waals surface area contributed by atoms with Gasteiger partial charge in [-0.1, -0.05) is 0 Å². The molecule has 0 aliphatic carbocycles. The molecule has 0 amide bonds. The first-order valence-corrected chi connectivity index (χ1v) is 6.57. The molecule has 0 unspecified atom stereocenters. The lowest BCUT2D eigenvalue weighted by atomic mass is 10.1. The van der Waals surface area contributed by atoms with E-state index >= 15 is 0 Å². The highest BCUT2D eigenvalue weighted by Gasteiger charge is 2.20. The van der Waals surface area contributed by atoms with Crippen molar-refractivity contribution >= 4 is 5.95 Å². The third-order valence-corrected chi connectivity index (χ3v) is 3.79. The standard InChI is InChI=1S/C12H19N7/c1-8-10(7-14-18(8)2)11-15-12(17-16-11)19-5-3-9(13)4-6-19/h7,9H,3-6,13H2,1-2H3,(H,15,16,17). The lowest BCUT2D eigenvalue weighted by Gasteiger charge is -2.28. The predicted octanol–water partition coefficient (Wildman–Crippen LogP) is 0.441. The van der Waals surface area contributed by atoms with E-state index in [1.807, 2.05) is 24.9 Å². The summed E-state index contributed by atoms with van der Waals surface area (Å²) in [5.41, 5.74) is 7.98. The van der Waals surface area contributed by atoms with Crippen LogP contribution in [-0.2, 0) is 7.05 Å². The van der Waals surface area contributed by atoms with Crippen molar-refractivity contribution in [2.75, 3.05) is 18.0 Å². The summed E-state index contributed by atoms with van der Waals surface area (Å²) in [6.45, 7) is 3.86. The number of aromatic amines is 1. The van der Waals surface area contributed by atoms with Crippen molar-refractivity contribution in [2.24, 2.45) is 12.8 Å².